The van der Waals surface area contributed by atoms with Crippen LogP contribution in [-0.2, 0) is 12.8 Å². The Kier molecular flexibility index (Phi) is 8.51. The van der Waals surface area contributed by atoms with Crippen LogP contribution in [-0.4, -0.2) is 75.1 Å². The fraction of sp³-hybridized carbons (Fsp3) is 0.474. The van der Waals surface area contributed by atoms with Gasteiger partial charge in [0.15, 0.2) is 11.8 Å². The molecule has 10 nitrogen and oxygen atoms in total. The highest BCUT2D eigenvalue weighted by molar-refractivity contribution is 14.0. The van der Waals surface area contributed by atoms with E-state index in [4.69, 9.17) is 4.52 Å². The molecule has 3 aromatic rings. The molecule has 12 heteroatoms. The molecule has 0 spiro atoms. The van der Waals surface area contributed by atoms with Gasteiger partial charge < -0.3 is 19.6 Å². The number of aliphatic imine (C=N–C) groups is 1. The van der Waals surface area contributed by atoms with Gasteiger partial charge in [-0.25, -0.2) is 4.98 Å². The second kappa shape index (κ2) is 11.3. The summed E-state index contributed by atoms with van der Waals surface area (Å²) < 4.78 is 9.69. The third-order valence-electron chi connectivity index (χ3n) is 4.82. The molecule has 1 aliphatic heterocycles. The molecular weight excluding hydrogens is 529 g/mol. The van der Waals surface area contributed by atoms with Crippen molar-refractivity contribution in [3.8, 4) is 11.6 Å². The summed E-state index contributed by atoms with van der Waals surface area (Å²) in [5.41, 5.74) is 0.680. The van der Waals surface area contributed by atoms with E-state index in [0.29, 0.717) is 30.4 Å². The number of halogens is 1. The zero-order valence-corrected chi connectivity index (χ0v) is 20.7. The van der Waals surface area contributed by atoms with Crippen molar-refractivity contribution in [2.75, 3.05) is 44.7 Å². The van der Waals surface area contributed by atoms with E-state index in [1.54, 1.807) is 13.2 Å². The summed E-state index contributed by atoms with van der Waals surface area (Å²) in [6, 6.07) is 5.60. The number of hydrogen-bond donors (Lipinski definition) is 1. The Balaban J connectivity index is 0.00000272. The lowest BCUT2D eigenvalue weighted by Crippen LogP contribution is -2.52. The number of guanidine groups is 1. The summed E-state index contributed by atoms with van der Waals surface area (Å²) in [7, 11) is 1.81. The van der Waals surface area contributed by atoms with E-state index >= 15 is 0 Å². The maximum atomic E-state index is 5.31. The summed E-state index contributed by atoms with van der Waals surface area (Å²) in [5, 5.41) is 8.45. The number of piperazine rings is 1. The number of hydrogen-bond acceptors (Lipinski definition) is 9. The summed E-state index contributed by atoms with van der Waals surface area (Å²) in [6.07, 6.45) is 3.22. The Morgan fingerprint density at radius 1 is 1.19 bits per heavy atom. The second-order valence-electron chi connectivity index (χ2n) is 6.78. The number of nitrogens with zero attached hydrogens (tertiary/aromatic N) is 8. The molecule has 0 bridgehead atoms. The van der Waals surface area contributed by atoms with Gasteiger partial charge in [-0.2, -0.15) is 9.36 Å². The van der Waals surface area contributed by atoms with Gasteiger partial charge in [0.05, 0.1) is 0 Å². The van der Waals surface area contributed by atoms with Crippen molar-refractivity contribution in [2.24, 2.45) is 4.99 Å². The summed E-state index contributed by atoms with van der Waals surface area (Å²) in [5.74, 6) is 2.89. The van der Waals surface area contributed by atoms with Crippen LogP contribution in [0, 0.1) is 0 Å². The van der Waals surface area contributed by atoms with Gasteiger partial charge in [0.2, 0.25) is 5.13 Å². The maximum absolute atomic E-state index is 5.31. The molecule has 0 atom stereocenters. The van der Waals surface area contributed by atoms with Crippen LogP contribution in [0.5, 0.6) is 0 Å². The summed E-state index contributed by atoms with van der Waals surface area (Å²) in [4.78, 5) is 22.2. The van der Waals surface area contributed by atoms with Crippen LogP contribution >= 0.6 is 35.5 Å². The molecule has 1 saturated heterocycles. The first-order valence-corrected chi connectivity index (χ1v) is 10.8. The Bertz CT molecular complexity index is 970. The minimum absolute atomic E-state index is 0. The van der Waals surface area contributed by atoms with Gasteiger partial charge >= 0.3 is 0 Å². The molecule has 0 aromatic carbocycles. The Morgan fingerprint density at radius 2 is 2.03 bits per heavy atom. The first kappa shape index (κ1) is 23.3. The lowest BCUT2D eigenvalue weighted by Gasteiger charge is -2.36. The topological polar surface area (TPSA) is 108 Å². The van der Waals surface area contributed by atoms with Gasteiger partial charge in [0, 0.05) is 70.3 Å². The molecule has 4 heterocycles. The van der Waals surface area contributed by atoms with Gasteiger partial charge in [0.1, 0.15) is 11.5 Å². The molecule has 1 aliphatic rings. The second-order valence-corrected chi connectivity index (χ2v) is 7.51. The molecule has 0 saturated carbocycles. The number of rotatable bonds is 6. The Morgan fingerprint density at radius 3 is 2.71 bits per heavy atom. The highest BCUT2D eigenvalue weighted by Crippen LogP contribution is 2.19. The standard InChI is InChI=1S/C19H25N9OS.HI/c1-3-15-24-19(30-26-15)28-12-10-27(11-13-28)18(20-2)22-9-7-16-23-17(29-25-16)14-6-4-5-8-21-14;/h4-6,8H,3,7,9-13H2,1-2H3,(H,20,22);1H. The van der Waals surface area contributed by atoms with E-state index in [-0.39, 0.29) is 24.0 Å². The van der Waals surface area contributed by atoms with Crippen LogP contribution in [0.25, 0.3) is 11.6 Å². The summed E-state index contributed by atoms with van der Waals surface area (Å²) >= 11 is 1.48. The predicted octanol–water partition coefficient (Wildman–Crippen LogP) is 2.10. The average molecular weight is 555 g/mol. The normalized spacial score (nSPS) is 14.5. The maximum Gasteiger partial charge on any atom is 0.276 e. The highest BCUT2D eigenvalue weighted by atomic mass is 127. The minimum atomic E-state index is 0. The van der Waals surface area contributed by atoms with E-state index < -0.39 is 0 Å². The van der Waals surface area contributed by atoms with Crippen molar-refractivity contribution >= 4 is 46.6 Å². The molecule has 0 radical (unpaired) electrons. The SMILES string of the molecule is CCc1nsc(N2CCN(C(=NC)NCCc3noc(-c4ccccn4)n3)CC2)n1.I. The predicted molar refractivity (Wildman–Crippen MR) is 131 cm³/mol. The lowest BCUT2D eigenvalue weighted by molar-refractivity contribution is 0.372. The zero-order chi connectivity index (χ0) is 20.8. The fourth-order valence-electron chi connectivity index (χ4n) is 3.19. The van der Waals surface area contributed by atoms with Crippen LogP contribution in [0.2, 0.25) is 0 Å². The number of pyridine rings is 1. The largest absolute Gasteiger partial charge is 0.356 e. The molecule has 31 heavy (non-hydrogen) atoms. The first-order valence-electron chi connectivity index (χ1n) is 10.0. The molecule has 4 rings (SSSR count). The number of anilines is 1. The van der Waals surface area contributed by atoms with Gasteiger partial charge in [-0.05, 0) is 12.1 Å². The van der Waals surface area contributed by atoms with Crippen LogP contribution in [0.3, 0.4) is 0 Å². The monoisotopic (exact) mass is 555 g/mol. The Labute approximate surface area is 202 Å². The van der Waals surface area contributed by atoms with Crippen molar-refractivity contribution in [2.45, 2.75) is 19.8 Å². The van der Waals surface area contributed by atoms with Crippen molar-refractivity contribution in [3.63, 3.8) is 0 Å². The zero-order valence-electron chi connectivity index (χ0n) is 17.6. The minimum Gasteiger partial charge on any atom is -0.356 e. The van der Waals surface area contributed by atoms with E-state index in [9.17, 15) is 0 Å². The average Bonchev–Trinajstić information content (AvgIpc) is 3.47. The number of aromatic nitrogens is 5. The Hall–Kier alpha value is -2.35. The van der Waals surface area contributed by atoms with E-state index in [1.165, 1.54) is 11.5 Å². The van der Waals surface area contributed by atoms with Gasteiger partial charge in [0.25, 0.3) is 5.89 Å². The fourth-order valence-corrected chi connectivity index (χ4v) is 3.99. The smallest absolute Gasteiger partial charge is 0.276 e. The van der Waals surface area contributed by atoms with Gasteiger partial charge in [-0.3, -0.25) is 9.98 Å². The quantitative estimate of drug-likeness (QED) is 0.278. The molecular formula is C19H26IN9OS. The molecule has 0 amide bonds. The van der Waals surface area contributed by atoms with Crippen LogP contribution < -0.4 is 10.2 Å². The van der Waals surface area contributed by atoms with E-state index in [1.807, 2.05) is 18.2 Å². The highest BCUT2D eigenvalue weighted by Gasteiger charge is 2.22. The number of aryl methyl sites for hydroxylation is 1. The van der Waals surface area contributed by atoms with E-state index in [0.717, 1.165) is 49.5 Å². The van der Waals surface area contributed by atoms with Crippen LogP contribution in [0.4, 0.5) is 5.13 Å². The molecule has 3 aromatic heterocycles. The van der Waals surface area contributed by atoms with Crippen molar-refractivity contribution in [1.29, 1.82) is 0 Å². The third kappa shape index (κ3) is 5.87. The summed E-state index contributed by atoms with van der Waals surface area (Å²) in [6.45, 7) is 6.31. The van der Waals surface area contributed by atoms with Crippen molar-refractivity contribution < 1.29 is 4.52 Å². The first-order chi connectivity index (χ1) is 14.8. The van der Waals surface area contributed by atoms with Crippen LogP contribution in [0.15, 0.2) is 33.9 Å². The van der Waals surface area contributed by atoms with Gasteiger partial charge in [-0.15, -0.1) is 24.0 Å². The van der Waals surface area contributed by atoms with Crippen molar-refractivity contribution in [1.82, 2.24) is 34.7 Å². The molecule has 166 valence electrons. The molecule has 1 N–H and O–H groups in total. The molecule has 1 fully saturated rings. The molecule has 0 aliphatic carbocycles. The lowest BCUT2D eigenvalue weighted by atomic mass is 10.3. The third-order valence-corrected chi connectivity index (χ3v) is 5.63. The van der Waals surface area contributed by atoms with Gasteiger partial charge in [-0.1, -0.05) is 18.1 Å². The van der Waals surface area contributed by atoms with Crippen molar-refractivity contribution in [3.05, 3.63) is 36.0 Å². The molecule has 0 unspecified atom stereocenters. The van der Waals surface area contributed by atoms with Crippen LogP contribution in [0.1, 0.15) is 18.6 Å². The number of nitrogens with one attached hydrogen (secondary N) is 1. The van der Waals surface area contributed by atoms with E-state index in [2.05, 4.69) is 51.5 Å².